The van der Waals surface area contributed by atoms with Crippen LogP contribution in [0.1, 0.15) is 73.0 Å². The molecule has 0 spiro atoms. The standard InChI is InChI=1S/C15H20N2O3/c1-9(2)14-7-12(17-19-14)13(18)6-5-10(3)15-11(4)8-16-20-15/h7-10H,5-6H2,1-4H3. The molecule has 108 valence electrons. The van der Waals surface area contributed by atoms with Crippen molar-refractivity contribution in [3.05, 3.63) is 35.0 Å². The van der Waals surface area contributed by atoms with Gasteiger partial charge in [-0.1, -0.05) is 31.1 Å². The molecule has 1 atom stereocenters. The maximum absolute atomic E-state index is 12.1. The van der Waals surface area contributed by atoms with E-state index in [9.17, 15) is 4.79 Å². The molecule has 0 amide bonds. The van der Waals surface area contributed by atoms with Gasteiger partial charge in [0.1, 0.15) is 17.2 Å². The molecule has 0 saturated carbocycles. The zero-order chi connectivity index (χ0) is 14.7. The van der Waals surface area contributed by atoms with E-state index in [1.807, 2.05) is 27.7 Å². The van der Waals surface area contributed by atoms with Crippen molar-refractivity contribution in [2.45, 2.75) is 52.4 Å². The van der Waals surface area contributed by atoms with E-state index in [1.165, 1.54) is 0 Å². The number of Topliss-reactive ketones (excluding diaryl/α,β-unsaturated/α-hetero) is 1. The quantitative estimate of drug-likeness (QED) is 0.749. The van der Waals surface area contributed by atoms with Gasteiger partial charge in [-0.05, 0) is 13.3 Å². The Morgan fingerprint density at radius 1 is 1.30 bits per heavy atom. The van der Waals surface area contributed by atoms with Crippen LogP contribution in [0, 0.1) is 6.92 Å². The van der Waals surface area contributed by atoms with Crippen LogP contribution in [0.15, 0.2) is 21.3 Å². The van der Waals surface area contributed by atoms with Crippen LogP contribution in [-0.2, 0) is 0 Å². The van der Waals surface area contributed by atoms with Crippen molar-refractivity contribution in [1.29, 1.82) is 0 Å². The van der Waals surface area contributed by atoms with E-state index in [0.717, 1.165) is 17.1 Å². The molecule has 1 unspecified atom stereocenters. The lowest BCUT2D eigenvalue weighted by Gasteiger charge is -2.06. The molecule has 2 heterocycles. The lowest BCUT2D eigenvalue weighted by molar-refractivity contribution is 0.0968. The Morgan fingerprint density at radius 3 is 2.60 bits per heavy atom. The molecule has 0 aliphatic rings. The molecule has 20 heavy (non-hydrogen) atoms. The first-order chi connectivity index (χ1) is 9.49. The lowest BCUT2D eigenvalue weighted by Crippen LogP contribution is -2.03. The van der Waals surface area contributed by atoms with E-state index in [1.54, 1.807) is 12.3 Å². The van der Waals surface area contributed by atoms with Crippen molar-refractivity contribution < 1.29 is 13.8 Å². The van der Waals surface area contributed by atoms with Crippen LogP contribution in [0.4, 0.5) is 0 Å². The first-order valence-corrected chi connectivity index (χ1v) is 6.90. The molecular formula is C15H20N2O3. The number of carbonyl (C=O) groups excluding carboxylic acids is 1. The molecule has 0 radical (unpaired) electrons. The molecule has 0 aliphatic carbocycles. The maximum atomic E-state index is 12.1. The Kier molecular flexibility index (Phi) is 4.37. The molecule has 0 N–H and O–H groups in total. The minimum Gasteiger partial charge on any atom is -0.361 e. The molecule has 2 aromatic rings. The molecule has 2 rings (SSSR count). The highest BCUT2D eigenvalue weighted by atomic mass is 16.5. The van der Waals surface area contributed by atoms with Crippen molar-refractivity contribution in [3.8, 4) is 0 Å². The smallest absolute Gasteiger partial charge is 0.184 e. The van der Waals surface area contributed by atoms with Gasteiger partial charge >= 0.3 is 0 Å². The van der Waals surface area contributed by atoms with E-state index in [0.29, 0.717) is 18.5 Å². The van der Waals surface area contributed by atoms with Gasteiger partial charge < -0.3 is 9.05 Å². The highest BCUT2D eigenvalue weighted by molar-refractivity contribution is 5.94. The topological polar surface area (TPSA) is 69.1 Å². The summed E-state index contributed by atoms with van der Waals surface area (Å²) in [6.45, 7) is 7.99. The molecular weight excluding hydrogens is 256 g/mol. The molecule has 0 saturated heterocycles. The van der Waals surface area contributed by atoms with E-state index in [2.05, 4.69) is 10.3 Å². The van der Waals surface area contributed by atoms with Gasteiger partial charge in [0, 0.05) is 29.9 Å². The van der Waals surface area contributed by atoms with E-state index in [-0.39, 0.29) is 17.6 Å². The predicted octanol–water partition coefficient (Wildman–Crippen LogP) is 3.86. The summed E-state index contributed by atoms with van der Waals surface area (Å²) in [5.41, 5.74) is 1.43. The minimum absolute atomic E-state index is 0.00432. The Balaban J connectivity index is 1.93. The minimum atomic E-state index is 0.00432. The number of aromatic nitrogens is 2. The number of carbonyl (C=O) groups is 1. The van der Waals surface area contributed by atoms with Crippen LogP contribution >= 0.6 is 0 Å². The largest absolute Gasteiger partial charge is 0.361 e. The summed E-state index contributed by atoms with van der Waals surface area (Å²) in [4.78, 5) is 12.1. The number of nitrogens with zero attached hydrogens (tertiary/aromatic N) is 2. The lowest BCUT2D eigenvalue weighted by atomic mass is 9.98. The Bertz CT molecular complexity index is 583. The maximum Gasteiger partial charge on any atom is 0.184 e. The third-order valence-corrected chi connectivity index (χ3v) is 3.42. The first kappa shape index (κ1) is 14.5. The molecule has 5 heteroatoms. The predicted molar refractivity (Wildman–Crippen MR) is 73.8 cm³/mol. The molecule has 2 aromatic heterocycles. The number of hydrogen-bond donors (Lipinski definition) is 0. The summed E-state index contributed by atoms with van der Waals surface area (Å²) < 4.78 is 10.4. The number of hydrogen-bond acceptors (Lipinski definition) is 5. The van der Waals surface area contributed by atoms with Crippen LogP contribution in [0.3, 0.4) is 0 Å². The van der Waals surface area contributed by atoms with Gasteiger partial charge in [0.2, 0.25) is 0 Å². The Morgan fingerprint density at radius 2 is 2.05 bits per heavy atom. The highest BCUT2D eigenvalue weighted by Gasteiger charge is 2.18. The van der Waals surface area contributed by atoms with Gasteiger partial charge in [0.15, 0.2) is 5.78 Å². The number of ketones is 1. The van der Waals surface area contributed by atoms with Crippen molar-refractivity contribution in [1.82, 2.24) is 10.3 Å². The normalized spacial score (nSPS) is 12.8. The summed E-state index contributed by atoms with van der Waals surface area (Å²) >= 11 is 0. The Hall–Kier alpha value is -1.91. The summed E-state index contributed by atoms with van der Waals surface area (Å²) in [5, 5.41) is 7.60. The zero-order valence-electron chi connectivity index (χ0n) is 12.3. The van der Waals surface area contributed by atoms with Gasteiger partial charge in [0.25, 0.3) is 0 Å². The molecule has 0 aromatic carbocycles. The fraction of sp³-hybridized carbons (Fsp3) is 0.533. The van der Waals surface area contributed by atoms with Crippen molar-refractivity contribution in [2.24, 2.45) is 0 Å². The van der Waals surface area contributed by atoms with E-state index >= 15 is 0 Å². The van der Waals surface area contributed by atoms with Gasteiger partial charge in [-0.15, -0.1) is 0 Å². The van der Waals surface area contributed by atoms with Gasteiger partial charge in [0.05, 0.1) is 6.20 Å². The summed E-state index contributed by atoms with van der Waals surface area (Å²) in [7, 11) is 0. The second-order valence-corrected chi connectivity index (χ2v) is 5.51. The van der Waals surface area contributed by atoms with Crippen LogP contribution < -0.4 is 0 Å². The van der Waals surface area contributed by atoms with Crippen LogP contribution in [-0.4, -0.2) is 16.1 Å². The summed E-state index contributed by atoms with van der Waals surface area (Å²) in [6, 6.07) is 1.73. The van der Waals surface area contributed by atoms with E-state index < -0.39 is 0 Å². The van der Waals surface area contributed by atoms with Crippen LogP contribution in [0.25, 0.3) is 0 Å². The Labute approximate surface area is 118 Å². The molecule has 0 aliphatic heterocycles. The van der Waals surface area contributed by atoms with E-state index in [4.69, 9.17) is 9.05 Å². The average Bonchev–Trinajstić information content (AvgIpc) is 3.04. The van der Waals surface area contributed by atoms with Crippen LogP contribution in [0.5, 0.6) is 0 Å². The number of rotatable bonds is 6. The van der Waals surface area contributed by atoms with Crippen LogP contribution in [0.2, 0.25) is 0 Å². The average molecular weight is 276 g/mol. The second-order valence-electron chi connectivity index (χ2n) is 5.51. The fourth-order valence-electron chi connectivity index (χ4n) is 2.08. The van der Waals surface area contributed by atoms with Gasteiger partial charge in [-0.3, -0.25) is 4.79 Å². The first-order valence-electron chi connectivity index (χ1n) is 6.90. The summed E-state index contributed by atoms with van der Waals surface area (Å²) in [5.74, 6) is 2.00. The van der Waals surface area contributed by atoms with Gasteiger partial charge in [-0.25, -0.2) is 0 Å². The molecule has 5 nitrogen and oxygen atoms in total. The highest BCUT2D eigenvalue weighted by Crippen LogP contribution is 2.24. The summed E-state index contributed by atoms with van der Waals surface area (Å²) in [6.07, 6.45) is 2.82. The second kappa shape index (κ2) is 6.03. The molecule has 0 bridgehead atoms. The SMILES string of the molecule is Cc1cnoc1C(C)CCC(=O)c1cc(C(C)C)on1. The third kappa shape index (κ3) is 3.15. The third-order valence-electron chi connectivity index (χ3n) is 3.42. The van der Waals surface area contributed by atoms with Gasteiger partial charge in [-0.2, -0.15) is 0 Å². The fourth-order valence-corrected chi connectivity index (χ4v) is 2.08. The van der Waals surface area contributed by atoms with Crippen molar-refractivity contribution in [2.75, 3.05) is 0 Å². The monoisotopic (exact) mass is 276 g/mol. The van der Waals surface area contributed by atoms with Crippen molar-refractivity contribution >= 4 is 5.78 Å². The number of aryl methyl sites for hydroxylation is 1. The zero-order valence-corrected chi connectivity index (χ0v) is 12.3. The molecule has 0 fully saturated rings. The van der Waals surface area contributed by atoms with Crippen molar-refractivity contribution in [3.63, 3.8) is 0 Å².